The van der Waals surface area contributed by atoms with Crippen LogP contribution in [0.3, 0.4) is 0 Å². The van der Waals surface area contributed by atoms with Crippen LogP contribution in [-0.4, -0.2) is 68.9 Å². The summed E-state index contributed by atoms with van der Waals surface area (Å²) in [5.74, 6) is 0.789. The fourth-order valence-electron chi connectivity index (χ4n) is 3.38. The summed E-state index contributed by atoms with van der Waals surface area (Å²) in [6, 6.07) is 0. The molecule has 1 aliphatic carbocycles. The van der Waals surface area contributed by atoms with Gasteiger partial charge in [-0.15, -0.1) is 0 Å². The van der Waals surface area contributed by atoms with E-state index in [4.69, 9.17) is 0 Å². The zero-order chi connectivity index (χ0) is 15.9. The maximum absolute atomic E-state index is 12.6. The largest absolute Gasteiger partial charge is 0.389 e. The van der Waals surface area contributed by atoms with Gasteiger partial charge in [-0.3, -0.25) is 14.4 Å². The first kappa shape index (κ1) is 15.5. The van der Waals surface area contributed by atoms with E-state index >= 15 is 0 Å². The summed E-state index contributed by atoms with van der Waals surface area (Å²) in [4.78, 5) is 16.8. The third-order valence-electron chi connectivity index (χ3n) is 4.56. The van der Waals surface area contributed by atoms with Crippen molar-refractivity contribution in [2.24, 2.45) is 13.0 Å². The Morgan fingerprint density at radius 2 is 2.05 bits per heavy atom. The van der Waals surface area contributed by atoms with Crippen molar-refractivity contribution in [2.45, 2.75) is 31.8 Å². The Hall–Kier alpha value is -1.40. The number of rotatable bonds is 4. The molecule has 1 saturated heterocycles. The Bertz CT molecular complexity index is 541. The second-order valence-corrected chi connectivity index (χ2v) is 7.31. The molecule has 2 fully saturated rings. The molecule has 6 heteroatoms. The van der Waals surface area contributed by atoms with Gasteiger partial charge in [-0.25, -0.2) is 0 Å². The number of hydrogen-bond donors (Lipinski definition) is 1. The predicted molar refractivity (Wildman–Crippen MR) is 83.4 cm³/mol. The Labute approximate surface area is 131 Å². The first-order chi connectivity index (χ1) is 10.3. The highest BCUT2D eigenvalue weighted by molar-refractivity contribution is 5.83. The van der Waals surface area contributed by atoms with Gasteiger partial charge in [0, 0.05) is 51.9 Å². The molecule has 2 aliphatic rings. The van der Waals surface area contributed by atoms with Crippen LogP contribution in [0.5, 0.6) is 0 Å². The Morgan fingerprint density at radius 3 is 2.59 bits per heavy atom. The number of amides is 1. The first-order valence-electron chi connectivity index (χ1n) is 8.05. The molecule has 3 rings (SSSR count). The Morgan fingerprint density at radius 1 is 1.36 bits per heavy atom. The minimum Gasteiger partial charge on any atom is -0.389 e. The summed E-state index contributed by atoms with van der Waals surface area (Å²) in [6.07, 6.45) is 4.84. The number of aromatic nitrogens is 2. The summed E-state index contributed by atoms with van der Waals surface area (Å²) in [6.45, 7) is 7.55. The standard InChI is InChI=1S/C16H26N4O2/c1-16(2,22)11-19-4-6-20(7-5-19)15(21)14-8-13(14)12-9-17-18(3)10-12/h9-10,13-14,22H,4-8,11H2,1-3H3/t13-,14+/m0/s1. The molecule has 0 bridgehead atoms. The van der Waals surface area contributed by atoms with E-state index < -0.39 is 5.60 Å². The fraction of sp³-hybridized carbons (Fsp3) is 0.750. The van der Waals surface area contributed by atoms with Crippen molar-refractivity contribution in [3.8, 4) is 0 Å². The predicted octanol–water partition coefficient (Wildman–Crippen LogP) is 0.439. The van der Waals surface area contributed by atoms with Crippen molar-refractivity contribution in [1.29, 1.82) is 0 Å². The Kier molecular flexibility index (Phi) is 3.99. The lowest BCUT2D eigenvalue weighted by Gasteiger charge is -2.37. The highest BCUT2D eigenvalue weighted by Crippen LogP contribution is 2.48. The van der Waals surface area contributed by atoms with Crippen LogP contribution < -0.4 is 0 Å². The average molecular weight is 306 g/mol. The summed E-state index contributed by atoms with van der Waals surface area (Å²) in [7, 11) is 1.91. The monoisotopic (exact) mass is 306 g/mol. The minimum atomic E-state index is -0.673. The molecule has 1 amide bonds. The molecule has 0 spiro atoms. The molecular weight excluding hydrogens is 280 g/mol. The normalized spacial score (nSPS) is 26.3. The maximum atomic E-state index is 12.6. The van der Waals surface area contributed by atoms with Gasteiger partial charge in [0.05, 0.1) is 11.8 Å². The van der Waals surface area contributed by atoms with E-state index in [0.29, 0.717) is 12.5 Å². The number of aliphatic hydroxyl groups is 1. The van der Waals surface area contributed by atoms with Crippen LogP contribution in [0.1, 0.15) is 31.7 Å². The molecule has 0 unspecified atom stereocenters. The molecule has 2 atom stereocenters. The molecule has 1 N–H and O–H groups in total. The van der Waals surface area contributed by atoms with E-state index in [1.807, 2.05) is 38.2 Å². The van der Waals surface area contributed by atoms with E-state index in [2.05, 4.69) is 10.00 Å². The molecular formula is C16H26N4O2. The van der Waals surface area contributed by atoms with Gasteiger partial charge >= 0.3 is 0 Å². The average Bonchev–Trinajstić information content (AvgIpc) is 3.12. The van der Waals surface area contributed by atoms with Crippen LogP contribution in [0.15, 0.2) is 12.4 Å². The van der Waals surface area contributed by atoms with E-state index in [0.717, 1.165) is 32.6 Å². The van der Waals surface area contributed by atoms with Crippen molar-refractivity contribution >= 4 is 5.91 Å². The van der Waals surface area contributed by atoms with Gasteiger partial charge in [0.15, 0.2) is 0 Å². The molecule has 2 heterocycles. The van der Waals surface area contributed by atoms with Crippen LogP contribution in [-0.2, 0) is 11.8 Å². The topological polar surface area (TPSA) is 61.6 Å². The van der Waals surface area contributed by atoms with E-state index in [9.17, 15) is 9.90 Å². The van der Waals surface area contributed by atoms with Gasteiger partial charge in [0.1, 0.15) is 0 Å². The number of aryl methyl sites for hydroxylation is 1. The van der Waals surface area contributed by atoms with Gasteiger partial charge < -0.3 is 10.0 Å². The molecule has 0 radical (unpaired) electrons. The van der Waals surface area contributed by atoms with E-state index in [1.54, 1.807) is 4.68 Å². The SMILES string of the molecule is Cn1cc([C@@H]2C[C@H]2C(=O)N2CCN(CC(C)(C)O)CC2)cn1. The second-order valence-electron chi connectivity index (χ2n) is 7.31. The minimum absolute atomic E-state index is 0.144. The second kappa shape index (κ2) is 5.66. The summed E-state index contributed by atoms with van der Waals surface area (Å²) in [5.41, 5.74) is 0.509. The van der Waals surface area contributed by atoms with Crippen molar-refractivity contribution in [2.75, 3.05) is 32.7 Å². The lowest BCUT2D eigenvalue weighted by molar-refractivity contribution is -0.134. The van der Waals surface area contributed by atoms with Gasteiger partial charge in [-0.2, -0.15) is 5.10 Å². The quantitative estimate of drug-likeness (QED) is 0.877. The molecule has 0 aromatic carbocycles. The number of carbonyl (C=O) groups excluding carboxylic acids is 1. The van der Waals surface area contributed by atoms with Gasteiger partial charge in [0.25, 0.3) is 0 Å². The van der Waals surface area contributed by atoms with Crippen LogP contribution in [0.25, 0.3) is 0 Å². The van der Waals surface area contributed by atoms with Gasteiger partial charge in [-0.05, 0) is 31.7 Å². The van der Waals surface area contributed by atoms with E-state index in [-0.39, 0.29) is 11.8 Å². The first-order valence-corrected chi connectivity index (χ1v) is 8.05. The molecule has 1 aromatic heterocycles. The number of carbonyl (C=O) groups is 1. The van der Waals surface area contributed by atoms with Crippen LogP contribution in [0, 0.1) is 5.92 Å². The lowest BCUT2D eigenvalue weighted by atomic mass is 10.1. The maximum Gasteiger partial charge on any atom is 0.226 e. The number of piperazine rings is 1. The number of β-amino-alcohol motifs (C(OH)–C–C–N with tert-alkyl or cyclic N) is 1. The van der Waals surface area contributed by atoms with Crippen molar-refractivity contribution in [3.63, 3.8) is 0 Å². The molecule has 1 aromatic rings. The fourth-order valence-corrected chi connectivity index (χ4v) is 3.38. The third kappa shape index (κ3) is 3.50. The van der Waals surface area contributed by atoms with Gasteiger partial charge in [0.2, 0.25) is 5.91 Å². The van der Waals surface area contributed by atoms with Crippen molar-refractivity contribution in [1.82, 2.24) is 19.6 Å². The number of hydrogen-bond acceptors (Lipinski definition) is 4. The summed E-state index contributed by atoms with van der Waals surface area (Å²) < 4.78 is 1.80. The Balaban J connectivity index is 1.49. The highest BCUT2D eigenvalue weighted by atomic mass is 16.3. The van der Waals surface area contributed by atoms with Crippen LogP contribution in [0.4, 0.5) is 0 Å². The number of nitrogens with zero attached hydrogens (tertiary/aromatic N) is 4. The lowest BCUT2D eigenvalue weighted by Crippen LogP contribution is -2.52. The molecule has 1 saturated carbocycles. The highest BCUT2D eigenvalue weighted by Gasteiger charge is 2.46. The molecule has 122 valence electrons. The van der Waals surface area contributed by atoms with Crippen LogP contribution >= 0.6 is 0 Å². The molecule has 6 nitrogen and oxygen atoms in total. The van der Waals surface area contributed by atoms with Crippen molar-refractivity contribution < 1.29 is 9.90 Å². The summed E-state index contributed by atoms with van der Waals surface area (Å²) >= 11 is 0. The van der Waals surface area contributed by atoms with Crippen molar-refractivity contribution in [3.05, 3.63) is 18.0 Å². The van der Waals surface area contributed by atoms with E-state index in [1.165, 1.54) is 5.56 Å². The summed E-state index contributed by atoms with van der Waals surface area (Å²) in [5, 5.41) is 14.1. The smallest absolute Gasteiger partial charge is 0.226 e. The molecule has 22 heavy (non-hydrogen) atoms. The van der Waals surface area contributed by atoms with Crippen LogP contribution in [0.2, 0.25) is 0 Å². The third-order valence-corrected chi connectivity index (χ3v) is 4.56. The molecule has 1 aliphatic heterocycles. The zero-order valence-electron chi connectivity index (χ0n) is 13.7. The zero-order valence-corrected chi connectivity index (χ0v) is 13.7. The van der Waals surface area contributed by atoms with Gasteiger partial charge in [-0.1, -0.05) is 0 Å².